The Morgan fingerprint density at radius 2 is 2.31 bits per heavy atom. The van der Waals surface area contributed by atoms with Crippen molar-refractivity contribution in [2.45, 2.75) is 19.3 Å². The second-order valence-corrected chi connectivity index (χ2v) is 3.58. The highest BCUT2D eigenvalue weighted by molar-refractivity contribution is 9.10. The lowest BCUT2D eigenvalue weighted by atomic mass is 10.2. The number of carbonyl (C=O) groups excluding carboxylic acids is 1. The van der Waals surface area contributed by atoms with Crippen LogP contribution < -0.4 is 5.73 Å². The van der Waals surface area contributed by atoms with E-state index >= 15 is 0 Å². The summed E-state index contributed by atoms with van der Waals surface area (Å²) in [6.45, 7) is 0. The van der Waals surface area contributed by atoms with Crippen LogP contribution in [0, 0.1) is 0 Å². The summed E-state index contributed by atoms with van der Waals surface area (Å²) in [5, 5.41) is 0. The molecule has 0 spiro atoms. The van der Waals surface area contributed by atoms with E-state index in [4.69, 9.17) is 5.73 Å². The standard InChI is InChI=1S/C9H11BrN2O/c10-8-5-1-3-7(12-8)4-2-6-9(11)13/h1,3,5H,2,4,6H2,(H2,11,13). The summed E-state index contributed by atoms with van der Waals surface area (Å²) in [5.41, 5.74) is 6.00. The molecule has 0 aliphatic carbocycles. The summed E-state index contributed by atoms with van der Waals surface area (Å²) in [6.07, 6.45) is 1.98. The molecule has 4 heteroatoms. The zero-order chi connectivity index (χ0) is 9.68. The van der Waals surface area contributed by atoms with Crippen molar-refractivity contribution in [1.29, 1.82) is 0 Å². The average Bonchev–Trinajstić information content (AvgIpc) is 2.03. The highest BCUT2D eigenvalue weighted by atomic mass is 79.9. The fourth-order valence-corrected chi connectivity index (χ4v) is 1.41. The predicted molar refractivity (Wildman–Crippen MR) is 54.1 cm³/mol. The zero-order valence-corrected chi connectivity index (χ0v) is 8.75. The average molecular weight is 243 g/mol. The zero-order valence-electron chi connectivity index (χ0n) is 7.16. The van der Waals surface area contributed by atoms with E-state index in [1.165, 1.54) is 0 Å². The third-order valence-electron chi connectivity index (χ3n) is 1.63. The van der Waals surface area contributed by atoms with E-state index in [-0.39, 0.29) is 5.91 Å². The van der Waals surface area contributed by atoms with Gasteiger partial charge < -0.3 is 5.73 Å². The Kier molecular flexibility index (Phi) is 3.89. The molecule has 0 aromatic carbocycles. The lowest BCUT2D eigenvalue weighted by Crippen LogP contribution is -2.10. The number of nitrogens with zero attached hydrogens (tertiary/aromatic N) is 1. The normalized spacial score (nSPS) is 9.92. The lowest BCUT2D eigenvalue weighted by molar-refractivity contribution is -0.118. The number of halogens is 1. The van der Waals surface area contributed by atoms with Gasteiger partial charge in [-0.15, -0.1) is 0 Å². The van der Waals surface area contributed by atoms with Gasteiger partial charge in [0.15, 0.2) is 0 Å². The number of carbonyl (C=O) groups is 1. The van der Waals surface area contributed by atoms with Crippen LogP contribution in [0.15, 0.2) is 22.8 Å². The van der Waals surface area contributed by atoms with E-state index in [1.807, 2.05) is 18.2 Å². The van der Waals surface area contributed by atoms with Crippen LogP contribution in [0.1, 0.15) is 18.5 Å². The first-order chi connectivity index (χ1) is 6.18. The van der Waals surface area contributed by atoms with Crippen molar-refractivity contribution in [3.05, 3.63) is 28.5 Å². The largest absolute Gasteiger partial charge is 0.370 e. The van der Waals surface area contributed by atoms with Gasteiger partial charge in [-0.25, -0.2) is 4.98 Å². The van der Waals surface area contributed by atoms with E-state index < -0.39 is 0 Å². The summed E-state index contributed by atoms with van der Waals surface area (Å²) in [6, 6.07) is 5.74. The van der Waals surface area contributed by atoms with Gasteiger partial charge in [0.25, 0.3) is 0 Å². The van der Waals surface area contributed by atoms with Crippen molar-refractivity contribution >= 4 is 21.8 Å². The first-order valence-corrected chi connectivity index (χ1v) is 4.87. The number of nitrogens with two attached hydrogens (primary N) is 1. The molecule has 1 aromatic rings. The van der Waals surface area contributed by atoms with Gasteiger partial charge in [-0.3, -0.25) is 4.79 Å². The van der Waals surface area contributed by atoms with Crippen LogP contribution in [0.2, 0.25) is 0 Å². The van der Waals surface area contributed by atoms with Crippen LogP contribution in [0.25, 0.3) is 0 Å². The van der Waals surface area contributed by atoms with Crippen molar-refractivity contribution in [2.75, 3.05) is 0 Å². The number of hydrogen-bond donors (Lipinski definition) is 1. The van der Waals surface area contributed by atoms with Gasteiger partial charge in [0.1, 0.15) is 4.60 Å². The van der Waals surface area contributed by atoms with Gasteiger partial charge in [0, 0.05) is 12.1 Å². The number of pyridine rings is 1. The minimum absolute atomic E-state index is 0.255. The number of aromatic nitrogens is 1. The molecule has 1 rings (SSSR count). The number of primary amides is 1. The van der Waals surface area contributed by atoms with E-state index in [9.17, 15) is 4.79 Å². The third kappa shape index (κ3) is 4.03. The molecule has 0 saturated heterocycles. The Morgan fingerprint density at radius 1 is 1.54 bits per heavy atom. The molecule has 2 N–H and O–H groups in total. The molecule has 1 heterocycles. The molecule has 0 aliphatic heterocycles. The highest BCUT2D eigenvalue weighted by Crippen LogP contribution is 2.08. The first-order valence-electron chi connectivity index (χ1n) is 4.08. The van der Waals surface area contributed by atoms with E-state index in [1.54, 1.807) is 0 Å². The fraction of sp³-hybridized carbons (Fsp3) is 0.333. The van der Waals surface area contributed by atoms with E-state index in [2.05, 4.69) is 20.9 Å². The Morgan fingerprint density at radius 3 is 2.92 bits per heavy atom. The molecule has 0 unspecified atom stereocenters. The number of rotatable bonds is 4. The molecule has 3 nitrogen and oxygen atoms in total. The Bertz CT molecular complexity index is 301. The summed E-state index contributed by atoms with van der Waals surface area (Å²) in [4.78, 5) is 14.7. The molecular weight excluding hydrogens is 232 g/mol. The maximum atomic E-state index is 10.4. The number of aryl methyl sites for hydroxylation is 1. The summed E-state index contributed by atoms with van der Waals surface area (Å²) in [7, 11) is 0. The first kappa shape index (κ1) is 10.2. The van der Waals surface area contributed by atoms with Gasteiger partial charge >= 0.3 is 0 Å². The molecule has 70 valence electrons. The second-order valence-electron chi connectivity index (χ2n) is 2.77. The van der Waals surface area contributed by atoms with Gasteiger partial charge in [-0.1, -0.05) is 6.07 Å². The third-order valence-corrected chi connectivity index (χ3v) is 2.07. The molecule has 13 heavy (non-hydrogen) atoms. The van der Waals surface area contributed by atoms with Crippen molar-refractivity contribution in [3.8, 4) is 0 Å². The molecule has 0 bridgehead atoms. The smallest absolute Gasteiger partial charge is 0.217 e. The quantitative estimate of drug-likeness (QED) is 0.817. The van der Waals surface area contributed by atoms with Crippen LogP contribution >= 0.6 is 15.9 Å². The molecule has 1 aromatic heterocycles. The van der Waals surface area contributed by atoms with E-state index in [0.29, 0.717) is 6.42 Å². The van der Waals surface area contributed by atoms with E-state index in [0.717, 1.165) is 23.1 Å². The second kappa shape index (κ2) is 4.97. The van der Waals surface area contributed by atoms with Crippen LogP contribution in [-0.4, -0.2) is 10.9 Å². The number of amides is 1. The summed E-state index contributed by atoms with van der Waals surface area (Å²) < 4.78 is 0.823. The van der Waals surface area contributed by atoms with Gasteiger partial charge in [0.2, 0.25) is 5.91 Å². The summed E-state index contributed by atoms with van der Waals surface area (Å²) in [5.74, 6) is -0.255. The maximum absolute atomic E-state index is 10.4. The molecule has 0 aliphatic rings. The maximum Gasteiger partial charge on any atom is 0.217 e. The Balaban J connectivity index is 2.41. The molecule has 1 amide bonds. The van der Waals surface area contributed by atoms with Gasteiger partial charge in [-0.2, -0.15) is 0 Å². The van der Waals surface area contributed by atoms with Crippen molar-refractivity contribution in [1.82, 2.24) is 4.98 Å². The van der Waals surface area contributed by atoms with Crippen LogP contribution in [-0.2, 0) is 11.2 Å². The minimum Gasteiger partial charge on any atom is -0.370 e. The molecule has 0 saturated carbocycles. The van der Waals surface area contributed by atoms with Gasteiger partial charge in [-0.05, 0) is 40.9 Å². The Labute approximate surface area is 85.5 Å². The fourth-order valence-electron chi connectivity index (χ4n) is 1.03. The molecule has 0 fully saturated rings. The van der Waals surface area contributed by atoms with Crippen molar-refractivity contribution < 1.29 is 4.79 Å². The van der Waals surface area contributed by atoms with Crippen molar-refractivity contribution in [3.63, 3.8) is 0 Å². The lowest BCUT2D eigenvalue weighted by Gasteiger charge is -1.98. The van der Waals surface area contributed by atoms with Crippen molar-refractivity contribution in [2.24, 2.45) is 5.73 Å². The molecule has 0 radical (unpaired) electrons. The topological polar surface area (TPSA) is 56.0 Å². The minimum atomic E-state index is -0.255. The predicted octanol–water partition coefficient (Wildman–Crippen LogP) is 1.65. The Hall–Kier alpha value is -0.900. The number of hydrogen-bond acceptors (Lipinski definition) is 2. The van der Waals surface area contributed by atoms with Crippen LogP contribution in [0.5, 0.6) is 0 Å². The van der Waals surface area contributed by atoms with Crippen LogP contribution in [0.4, 0.5) is 0 Å². The van der Waals surface area contributed by atoms with Crippen LogP contribution in [0.3, 0.4) is 0 Å². The van der Waals surface area contributed by atoms with Gasteiger partial charge in [0.05, 0.1) is 0 Å². The SMILES string of the molecule is NC(=O)CCCc1cccc(Br)n1. The molecular formula is C9H11BrN2O. The monoisotopic (exact) mass is 242 g/mol. The summed E-state index contributed by atoms with van der Waals surface area (Å²) >= 11 is 3.28. The molecule has 0 atom stereocenters. The highest BCUT2D eigenvalue weighted by Gasteiger charge is 1.98.